The van der Waals surface area contributed by atoms with Crippen LogP contribution in [0.15, 0.2) is 84.9 Å². The van der Waals surface area contributed by atoms with Crippen LogP contribution in [0, 0.1) is 0 Å². The van der Waals surface area contributed by atoms with Crippen molar-refractivity contribution in [2.75, 3.05) is 19.5 Å². The highest BCUT2D eigenvalue weighted by molar-refractivity contribution is 7.48. The number of phosphoric acid groups is 1. The highest BCUT2D eigenvalue weighted by Gasteiger charge is 2.32. The first-order chi connectivity index (χ1) is 16.4. The van der Waals surface area contributed by atoms with Crippen LogP contribution in [-0.2, 0) is 40.7 Å². The van der Waals surface area contributed by atoms with E-state index >= 15 is 0 Å². The molecule has 0 aliphatic carbocycles. The Hall–Kier alpha value is -3.29. The molecule has 1 N–H and O–H groups in total. The van der Waals surface area contributed by atoms with E-state index in [-0.39, 0.29) is 13.0 Å². The van der Waals surface area contributed by atoms with Crippen LogP contribution >= 0.6 is 7.82 Å². The van der Waals surface area contributed by atoms with Crippen LogP contribution in [0.1, 0.15) is 21.5 Å². The van der Waals surface area contributed by atoms with Gasteiger partial charge in [-0.25, -0.2) is 9.36 Å². The van der Waals surface area contributed by atoms with Gasteiger partial charge in [-0.05, 0) is 35.4 Å². The number of rotatable bonds is 11. The van der Waals surface area contributed by atoms with Gasteiger partial charge in [0.1, 0.15) is 6.61 Å². The van der Waals surface area contributed by atoms with E-state index in [1.54, 1.807) is 24.3 Å². The number of hydrogen-bond donors (Lipinski definition) is 1. The second kappa shape index (κ2) is 12.3. The normalized spacial score (nSPS) is 12.1. The van der Waals surface area contributed by atoms with Crippen molar-refractivity contribution in [1.82, 2.24) is 0 Å². The Morgan fingerprint density at radius 3 is 1.94 bits per heavy atom. The molecule has 0 aliphatic heterocycles. The molecule has 0 bridgehead atoms. The smallest absolute Gasteiger partial charge is 0.457 e. The van der Waals surface area contributed by atoms with Crippen molar-refractivity contribution in [3.63, 3.8) is 0 Å². The molecule has 0 saturated heterocycles. The maximum absolute atomic E-state index is 12.9. The standard InChI is InChI=1S/C25H26NO7P/c1-30-34(29,31-2)33-23(17-19-9-5-3-6-10-19)24(27)26-22-15-13-21(14-16-22)25(28)32-18-20-11-7-4-8-12-20/h3-16,23H,17-18H2,1-2H3,(H,26,27)/t23-/m0/s1. The monoisotopic (exact) mass is 483 g/mol. The molecule has 1 amide bonds. The van der Waals surface area contributed by atoms with Gasteiger partial charge in [-0.3, -0.25) is 18.4 Å². The third-order valence-corrected chi connectivity index (χ3v) is 6.27. The van der Waals surface area contributed by atoms with E-state index in [1.165, 1.54) is 14.2 Å². The Morgan fingerprint density at radius 2 is 1.38 bits per heavy atom. The Labute approximate surface area is 198 Å². The molecule has 0 unspecified atom stereocenters. The van der Waals surface area contributed by atoms with E-state index in [1.807, 2.05) is 60.7 Å². The largest absolute Gasteiger partial charge is 0.475 e. The van der Waals surface area contributed by atoms with Gasteiger partial charge in [0.15, 0.2) is 6.10 Å². The molecule has 0 saturated carbocycles. The number of amides is 1. The van der Waals surface area contributed by atoms with Crippen molar-refractivity contribution >= 4 is 25.4 Å². The summed E-state index contributed by atoms with van der Waals surface area (Å²) in [4.78, 5) is 25.2. The van der Waals surface area contributed by atoms with Crippen LogP contribution in [0.3, 0.4) is 0 Å². The number of carbonyl (C=O) groups excluding carboxylic acids is 2. The summed E-state index contributed by atoms with van der Waals surface area (Å²) < 4.78 is 32.9. The van der Waals surface area contributed by atoms with Crippen molar-refractivity contribution in [1.29, 1.82) is 0 Å². The van der Waals surface area contributed by atoms with Gasteiger partial charge >= 0.3 is 13.8 Å². The quantitative estimate of drug-likeness (QED) is 0.302. The summed E-state index contributed by atoms with van der Waals surface area (Å²) in [7, 11) is -1.55. The lowest BCUT2D eigenvalue weighted by atomic mass is 10.1. The van der Waals surface area contributed by atoms with Gasteiger partial charge in [-0.1, -0.05) is 60.7 Å². The van der Waals surface area contributed by atoms with Gasteiger partial charge < -0.3 is 10.1 Å². The molecular formula is C25H26NO7P. The zero-order valence-corrected chi connectivity index (χ0v) is 19.8. The molecule has 34 heavy (non-hydrogen) atoms. The highest BCUT2D eigenvalue weighted by Crippen LogP contribution is 2.49. The summed E-state index contributed by atoms with van der Waals surface area (Å²) in [6.45, 7) is 0.162. The van der Waals surface area contributed by atoms with Gasteiger partial charge in [-0.2, -0.15) is 0 Å². The second-order valence-corrected chi connectivity index (χ2v) is 9.06. The summed E-state index contributed by atoms with van der Waals surface area (Å²) in [5, 5.41) is 2.71. The lowest BCUT2D eigenvalue weighted by Crippen LogP contribution is -2.32. The van der Waals surface area contributed by atoms with E-state index in [0.29, 0.717) is 11.3 Å². The molecular weight excluding hydrogens is 457 g/mol. The molecule has 0 fully saturated rings. The Kier molecular flexibility index (Phi) is 9.13. The van der Waals surface area contributed by atoms with E-state index in [0.717, 1.165) is 11.1 Å². The SMILES string of the molecule is COP(=O)(OC)O[C@@H](Cc1ccccc1)C(=O)Nc1ccc(C(=O)OCc2ccccc2)cc1. The average molecular weight is 483 g/mol. The number of phosphoric ester groups is 1. The van der Waals surface area contributed by atoms with E-state index in [9.17, 15) is 14.2 Å². The van der Waals surface area contributed by atoms with E-state index < -0.39 is 25.8 Å². The average Bonchev–Trinajstić information content (AvgIpc) is 2.88. The lowest BCUT2D eigenvalue weighted by Gasteiger charge is -2.21. The predicted octanol–water partition coefficient (Wildman–Crippen LogP) is 5.01. The number of benzene rings is 3. The minimum atomic E-state index is -3.91. The molecule has 0 heterocycles. The molecule has 0 aromatic heterocycles. The molecule has 3 aromatic carbocycles. The lowest BCUT2D eigenvalue weighted by molar-refractivity contribution is -0.123. The van der Waals surface area contributed by atoms with E-state index in [4.69, 9.17) is 18.3 Å². The maximum Gasteiger partial charge on any atom is 0.475 e. The molecule has 0 aliphatic rings. The zero-order valence-electron chi connectivity index (χ0n) is 18.9. The first-order valence-corrected chi connectivity index (χ1v) is 11.9. The first kappa shape index (κ1) is 25.3. The fourth-order valence-corrected chi connectivity index (χ4v) is 3.84. The number of ether oxygens (including phenoxy) is 1. The van der Waals surface area contributed by atoms with Gasteiger partial charge in [0.2, 0.25) is 0 Å². The van der Waals surface area contributed by atoms with Crippen molar-refractivity contribution in [2.24, 2.45) is 0 Å². The molecule has 3 rings (SSSR count). The first-order valence-electron chi connectivity index (χ1n) is 10.5. The summed E-state index contributed by atoms with van der Waals surface area (Å²) in [5.41, 5.74) is 2.46. The fraction of sp³-hybridized carbons (Fsp3) is 0.200. The maximum atomic E-state index is 12.9. The second-order valence-electron chi connectivity index (χ2n) is 7.22. The third-order valence-electron chi connectivity index (χ3n) is 4.86. The van der Waals surface area contributed by atoms with Crippen LogP contribution in [-0.4, -0.2) is 32.2 Å². The zero-order chi connectivity index (χ0) is 24.4. The Morgan fingerprint density at radius 1 is 0.824 bits per heavy atom. The van der Waals surface area contributed by atoms with Crippen LogP contribution in [0.2, 0.25) is 0 Å². The number of esters is 1. The third kappa shape index (κ3) is 7.37. The summed E-state index contributed by atoms with van der Waals surface area (Å²) in [6.07, 6.45) is -1.00. The van der Waals surface area contributed by atoms with Gasteiger partial charge in [0.25, 0.3) is 5.91 Å². The fourth-order valence-electron chi connectivity index (χ4n) is 3.04. The number of anilines is 1. The van der Waals surface area contributed by atoms with Crippen LogP contribution < -0.4 is 5.32 Å². The molecule has 178 valence electrons. The topological polar surface area (TPSA) is 100 Å². The Balaban J connectivity index is 1.65. The van der Waals surface area contributed by atoms with Crippen LogP contribution in [0.5, 0.6) is 0 Å². The van der Waals surface area contributed by atoms with Crippen molar-refractivity contribution < 1.29 is 32.5 Å². The molecule has 1 atom stereocenters. The van der Waals surface area contributed by atoms with Crippen molar-refractivity contribution in [3.05, 3.63) is 102 Å². The van der Waals surface area contributed by atoms with Gasteiger partial charge in [0, 0.05) is 26.3 Å². The van der Waals surface area contributed by atoms with Crippen molar-refractivity contribution in [2.45, 2.75) is 19.1 Å². The van der Waals surface area contributed by atoms with E-state index in [2.05, 4.69) is 5.32 Å². The highest BCUT2D eigenvalue weighted by atomic mass is 31.2. The predicted molar refractivity (Wildman–Crippen MR) is 127 cm³/mol. The van der Waals surface area contributed by atoms with Gasteiger partial charge in [-0.15, -0.1) is 0 Å². The number of carbonyl (C=O) groups is 2. The minimum absolute atomic E-state index is 0.146. The van der Waals surface area contributed by atoms with Crippen molar-refractivity contribution in [3.8, 4) is 0 Å². The minimum Gasteiger partial charge on any atom is -0.457 e. The number of hydrogen-bond acceptors (Lipinski definition) is 7. The van der Waals surface area contributed by atoms with Crippen LogP contribution in [0.25, 0.3) is 0 Å². The van der Waals surface area contributed by atoms with Gasteiger partial charge in [0.05, 0.1) is 5.56 Å². The van der Waals surface area contributed by atoms with Crippen LogP contribution in [0.4, 0.5) is 5.69 Å². The summed E-state index contributed by atoms with van der Waals surface area (Å²) in [6, 6.07) is 24.7. The molecule has 0 radical (unpaired) electrons. The molecule has 3 aromatic rings. The molecule has 9 heteroatoms. The summed E-state index contributed by atoms with van der Waals surface area (Å²) in [5.74, 6) is -1.02. The molecule has 8 nitrogen and oxygen atoms in total. The Bertz CT molecular complexity index is 1110. The molecule has 0 spiro atoms. The number of nitrogens with one attached hydrogen (secondary N) is 1. The summed E-state index contributed by atoms with van der Waals surface area (Å²) >= 11 is 0.